The van der Waals surface area contributed by atoms with Crippen LogP contribution in [-0.2, 0) is 17.1 Å². The summed E-state index contributed by atoms with van der Waals surface area (Å²) >= 11 is 0. The Morgan fingerprint density at radius 1 is 1.13 bits per heavy atom. The van der Waals surface area contributed by atoms with E-state index in [1.807, 2.05) is 31.2 Å². The summed E-state index contributed by atoms with van der Waals surface area (Å²) in [6.07, 6.45) is 1.67. The molecule has 2 aromatic carbocycles. The van der Waals surface area contributed by atoms with E-state index in [1.54, 1.807) is 44.6 Å². The van der Waals surface area contributed by atoms with E-state index in [0.29, 0.717) is 34.0 Å². The molecule has 0 saturated carbocycles. The molecule has 2 N–H and O–H groups in total. The molecule has 0 saturated heterocycles. The molecule has 0 bridgehead atoms. The van der Waals surface area contributed by atoms with Gasteiger partial charge >= 0.3 is 0 Å². The molecule has 0 aliphatic rings. The average Bonchev–Trinajstić information content (AvgIpc) is 2.71. The molecule has 0 atom stereocenters. The fourth-order valence-electron chi connectivity index (χ4n) is 2.96. The number of hydrogen-bond acceptors (Lipinski definition) is 5. The van der Waals surface area contributed by atoms with Gasteiger partial charge in [0.25, 0.3) is 15.6 Å². The fraction of sp³-hybridized carbons (Fsp3) is 0.136. The van der Waals surface area contributed by atoms with E-state index < -0.39 is 10.0 Å². The average molecular weight is 426 g/mol. The second kappa shape index (κ2) is 8.46. The predicted octanol–water partition coefficient (Wildman–Crippen LogP) is 4.08. The van der Waals surface area contributed by atoms with E-state index in [4.69, 9.17) is 4.74 Å². The molecule has 8 heteroatoms. The van der Waals surface area contributed by atoms with Gasteiger partial charge in [0.15, 0.2) is 0 Å². The number of nitrogens with zero attached hydrogens (tertiary/aromatic N) is 1. The number of ether oxygens (including phenoxy) is 1. The second-order valence-electron chi connectivity index (χ2n) is 6.75. The Labute approximate surface area is 175 Å². The van der Waals surface area contributed by atoms with E-state index in [2.05, 4.69) is 16.6 Å². The molecule has 7 nitrogen and oxygen atoms in total. The number of pyridine rings is 1. The van der Waals surface area contributed by atoms with Gasteiger partial charge in [-0.1, -0.05) is 18.7 Å². The van der Waals surface area contributed by atoms with E-state index in [9.17, 15) is 13.2 Å². The summed E-state index contributed by atoms with van der Waals surface area (Å²) in [5.74, 6) is 1.16. The van der Waals surface area contributed by atoms with Gasteiger partial charge in [0.05, 0.1) is 0 Å². The third-order valence-electron chi connectivity index (χ3n) is 4.44. The highest BCUT2D eigenvalue weighted by atomic mass is 32.2. The molecule has 3 rings (SSSR count). The summed E-state index contributed by atoms with van der Waals surface area (Å²) in [6.45, 7) is 5.28. The van der Waals surface area contributed by atoms with Crippen LogP contribution in [0.1, 0.15) is 5.56 Å². The Hall–Kier alpha value is -3.52. The monoisotopic (exact) mass is 425 g/mol. The van der Waals surface area contributed by atoms with Crippen LogP contribution in [0.3, 0.4) is 0 Å². The van der Waals surface area contributed by atoms with Crippen molar-refractivity contribution in [3.05, 3.63) is 82.6 Å². The lowest BCUT2D eigenvalue weighted by molar-refractivity contribution is 0.484. The standard InChI is InChI=1S/C22H23N3O4S/c1-5-30(27,28)24-17-9-10-21(29-18-8-6-7-15(2)11-18)19(13-17)16-12-20(23-3)22(26)25(4)14-16/h5-14,23-24H,1H2,2-4H3. The van der Waals surface area contributed by atoms with Crippen LogP contribution in [0.5, 0.6) is 11.5 Å². The summed E-state index contributed by atoms with van der Waals surface area (Å²) < 4.78 is 33.8. The van der Waals surface area contributed by atoms with Crippen LogP contribution in [0.15, 0.2) is 71.5 Å². The van der Waals surface area contributed by atoms with Gasteiger partial charge in [-0.3, -0.25) is 9.52 Å². The summed E-state index contributed by atoms with van der Waals surface area (Å²) in [5.41, 5.74) is 2.93. The van der Waals surface area contributed by atoms with Crippen molar-refractivity contribution in [2.45, 2.75) is 6.92 Å². The molecular weight excluding hydrogens is 402 g/mol. The number of hydrogen-bond donors (Lipinski definition) is 2. The Morgan fingerprint density at radius 3 is 2.57 bits per heavy atom. The lowest BCUT2D eigenvalue weighted by Crippen LogP contribution is -2.19. The van der Waals surface area contributed by atoms with Crippen molar-refractivity contribution in [3.8, 4) is 22.6 Å². The van der Waals surface area contributed by atoms with Gasteiger partial charge in [-0.25, -0.2) is 8.42 Å². The van der Waals surface area contributed by atoms with E-state index in [-0.39, 0.29) is 5.56 Å². The molecule has 1 heterocycles. The lowest BCUT2D eigenvalue weighted by atomic mass is 10.0. The molecule has 0 aliphatic heterocycles. The minimum absolute atomic E-state index is 0.175. The van der Waals surface area contributed by atoms with Crippen molar-refractivity contribution in [2.75, 3.05) is 17.1 Å². The Morgan fingerprint density at radius 2 is 1.90 bits per heavy atom. The van der Waals surface area contributed by atoms with Gasteiger partial charge < -0.3 is 14.6 Å². The van der Waals surface area contributed by atoms with Crippen LogP contribution in [0, 0.1) is 6.92 Å². The van der Waals surface area contributed by atoms with Crippen molar-refractivity contribution in [2.24, 2.45) is 7.05 Å². The van der Waals surface area contributed by atoms with Crippen molar-refractivity contribution < 1.29 is 13.2 Å². The largest absolute Gasteiger partial charge is 0.457 e. The normalized spacial score (nSPS) is 11.0. The number of sulfonamides is 1. The van der Waals surface area contributed by atoms with Gasteiger partial charge in [0.2, 0.25) is 0 Å². The predicted molar refractivity (Wildman–Crippen MR) is 121 cm³/mol. The van der Waals surface area contributed by atoms with Crippen LogP contribution in [0.2, 0.25) is 0 Å². The van der Waals surface area contributed by atoms with Gasteiger partial charge in [0.1, 0.15) is 17.2 Å². The number of nitrogens with one attached hydrogen (secondary N) is 2. The number of aryl methyl sites for hydroxylation is 2. The van der Waals surface area contributed by atoms with Crippen molar-refractivity contribution in [1.82, 2.24) is 4.57 Å². The maximum atomic E-state index is 12.3. The van der Waals surface area contributed by atoms with Gasteiger partial charge in [-0.15, -0.1) is 0 Å². The molecule has 0 radical (unpaired) electrons. The van der Waals surface area contributed by atoms with Crippen LogP contribution in [0.4, 0.5) is 11.4 Å². The zero-order valence-corrected chi connectivity index (χ0v) is 17.8. The SMILES string of the molecule is C=CS(=O)(=O)Nc1ccc(Oc2cccc(C)c2)c(-c2cc(NC)c(=O)n(C)c2)c1. The summed E-state index contributed by atoms with van der Waals surface area (Å²) in [5, 5.41) is 3.73. The van der Waals surface area contributed by atoms with Crippen LogP contribution in [-0.4, -0.2) is 20.0 Å². The van der Waals surface area contributed by atoms with E-state index in [0.717, 1.165) is 11.0 Å². The summed E-state index contributed by atoms with van der Waals surface area (Å²) in [6, 6.07) is 14.2. The molecule has 30 heavy (non-hydrogen) atoms. The van der Waals surface area contributed by atoms with Crippen molar-refractivity contribution in [3.63, 3.8) is 0 Å². The third kappa shape index (κ3) is 4.72. The molecule has 0 amide bonds. The van der Waals surface area contributed by atoms with Crippen LogP contribution >= 0.6 is 0 Å². The number of benzene rings is 2. The molecule has 0 aliphatic carbocycles. The highest BCUT2D eigenvalue weighted by Gasteiger charge is 2.14. The van der Waals surface area contributed by atoms with Crippen molar-refractivity contribution >= 4 is 21.4 Å². The first kappa shape index (κ1) is 21.2. The zero-order chi connectivity index (χ0) is 21.9. The maximum absolute atomic E-state index is 12.3. The van der Waals surface area contributed by atoms with Gasteiger partial charge in [-0.05, 0) is 48.9 Å². The molecule has 3 aromatic rings. The summed E-state index contributed by atoms with van der Waals surface area (Å²) in [4.78, 5) is 12.3. The summed E-state index contributed by atoms with van der Waals surface area (Å²) in [7, 11) is -0.354. The zero-order valence-electron chi connectivity index (χ0n) is 17.0. The smallest absolute Gasteiger partial charge is 0.273 e. The quantitative estimate of drug-likeness (QED) is 0.595. The third-order valence-corrected chi connectivity index (χ3v) is 5.40. The molecule has 156 valence electrons. The van der Waals surface area contributed by atoms with Gasteiger partial charge in [-0.2, -0.15) is 0 Å². The Kier molecular flexibility index (Phi) is 5.98. The highest BCUT2D eigenvalue weighted by molar-refractivity contribution is 7.95. The molecule has 0 spiro atoms. The number of rotatable bonds is 7. The highest BCUT2D eigenvalue weighted by Crippen LogP contribution is 2.36. The Bertz CT molecular complexity index is 1260. The Balaban J connectivity index is 2.16. The minimum Gasteiger partial charge on any atom is -0.457 e. The number of aromatic nitrogens is 1. The molecule has 0 unspecified atom stereocenters. The molecule has 0 fully saturated rings. The number of anilines is 2. The topological polar surface area (TPSA) is 89.4 Å². The first-order chi connectivity index (χ1) is 14.2. The maximum Gasteiger partial charge on any atom is 0.273 e. The van der Waals surface area contributed by atoms with Crippen molar-refractivity contribution in [1.29, 1.82) is 0 Å². The fourth-order valence-corrected chi connectivity index (χ4v) is 3.50. The van der Waals surface area contributed by atoms with E-state index >= 15 is 0 Å². The van der Waals surface area contributed by atoms with Crippen LogP contribution < -0.4 is 20.3 Å². The molecular formula is C22H23N3O4S. The minimum atomic E-state index is -3.67. The van der Waals surface area contributed by atoms with E-state index in [1.165, 1.54) is 4.57 Å². The lowest BCUT2D eigenvalue weighted by Gasteiger charge is -2.16. The second-order valence-corrected chi connectivity index (χ2v) is 8.38. The van der Waals surface area contributed by atoms with Gasteiger partial charge in [0, 0.05) is 42.5 Å². The van der Waals surface area contributed by atoms with Crippen LogP contribution in [0.25, 0.3) is 11.1 Å². The first-order valence-electron chi connectivity index (χ1n) is 9.15. The molecule has 1 aromatic heterocycles. The first-order valence-corrected chi connectivity index (χ1v) is 10.7.